The Morgan fingerprint density at radius 3 is 1.82 bits per heavy atom. The standard InChI is InChI=1S/C14H9Cl2I/c15-9-14(10-1-5-12(16)6-2-10)11-3-7-13(17)8-4-11/h1-9H. The molecule has 0 unspecified atom stereocenters. The molecule has 0 fully saturated rings. The maximum Gasteiger partial charge on any atom is 0.0406 e. The van der Waals surface area contributed by atoms with Crippen molar-refractivity contribution in [3.05, 3.63) is 73.8 Å². The van der Waals surface area contributed by atoms with Gasteiger partial charge >= 0.3 is 0 Å². The molecule has 0 aromatic heterocycles. The van der Waals surface area contributed by atoms with Gasteiger partial charge in [0.1, 0.15) is 0 Å². The molecule has 2 rings (SSSR count). The van der Waals surface area contributed by atoms with E-state index in [0.717, 1.165) is 21.7 Å². The van der Waals surface area contributed by atoms with E-state index in [1.165, 1.54) is 3.57 Å². The van der Waals surface area contributed by atoms with E-state index < -0.39 is 0 Å². The van der Waals surface area contributed by atoms with Gasteiger partial charge in [-0.3, -0.25) is 0 Å². The molecule has 0 aliphatic rings. The summed E-state index contributed by atoms with van der Waals surface area (Å²) in [5, 5.41) is 0.727. The molecule has 0 spiro atoms. The molecule has 86 valence electrons. The van der Waals surface area contributed by atoms with E-state index in [2.05, 4.69) is 46.9 Å². The quantitative estimate of drug-likeness (QED) is 0.602. The van der Waals surface area contributed by atoms with Gasteiger partial charge in [0.15, 0.2) is 0 Å². The molecule has 3 heteroatoms. The lowest BCUT2D eigenvalue weighted by Crippen LogP contribution is -1.87. The van der Waals surface area contributed by atoms with Gasteiger partial charge in [-0.25, -0.2) is 0 Å². The third-order valence-electron chi connectivity index (χ3n) is 2.42. The number of hydrogen-bond donors (Lipinski definition) is 0. The zero-order chi connectivity index (χ0) is 12.3. The first-order valence-corrected chi connectivity index (χ1v) is 6.92. The molecule has 0 heterocycles. The summed E-state index contributed by atoms with van der Waals surface area (Å²) in [7, 11) is 0. The number of rotatable bonds is 2. The van der Waals surface area contributed by atoms with Crippen LogP contribution in [0.3, 0.4) is 0 Å². The van der Waals surface area contributed by atoms with Crippen LogP contribution < -0.4 is 0 Å². The summed E-state index contributed by atoms with van der Waals surface area (Å²) in [6.45, 7) is 0. The van der Waals surface area contributed by atoms with Crippen LogP contribution in [0, 0.1) is 3.57 Å². The highest BCUT2D eigenvalue weighted by Crippen LogP contribution is 2.26. The van der Waals surface area contributed by atoms with E-state index in [1.54, 1.807) is 5.54 Å². The van der Waals surface area contributed by atoms with Crippen molar-refractivity contribution >= 4 is 51.4 Å². The fourth-order valence-corrected chi connectivity index (χ4v) is 2.29. The van der Waals surface area contributed by atoms with Gasteiger partial charge in [-0.1, -0.05) is 47.5 Å². The van der Waals surface area contributed by atoms with Gasteiger partial charge in [-0.05, 0) is 58.0 Å². The molecule has 0 atom stereocenters. The molecule has 0 aliphatic carbocycles. The average Bonchev–Trinajstić information content (AvgIpc) is 2.35. The smallest absolute Gasteiger partial charge is 0.0406 e. The molecular formula is C14H9Cl2I. The van der Waals surface area contributed by atoms with Crippen molar-refractivity contribution in [1.82, 2.24) is 0 Å². The van der Waals surface area contributed by atoms with Gasteiger partial charge in [0, 0.05) is 19.7 Å². The molecule has 0 saturated carbocycles. The van der Waals surface area contributed by atoms with Crippen LogP contribution in [0.4, 0.5) is 0 Å². The molecule has 0 radical (unpaired) electrons. The van der Waals surface area contributed by atoms with Crippen LogP contribution in [0.15, 0.2) is 54.1 Å². The summed E-state index contributed by atoms with van der Waals surface area (Å²) in [5.41, 5.74) is 4.76. The van der Waals surface area contributed by atoms with Gasteiger partial charge in [0.2, 0.25) is 0 Å². The van der Waals surface area contributed by atoms with Crippen LogP contribution in [0.2, 0.25) is 5.02 Å². The largest absolute Gasteiger partial charge is 0.0923 e. The second-order valence-corrected chi connectivity index (χ2v) is 5.44. The van der Waals surface area contributed by atoms with Crippen LogP contribution in [0.5, 0.6) is 0 Å². The maximum absolute atomic E-state index is 5.92. The number of benzene rings is 2. The van der Waals surface area contributed by atoms with Crippen LogP contribution in [-0.2, 0) is 0 Å². The first-order valence-electron chi connectivity index (χ1n) is 5.03. The minimum atomic E-state index is 0.727. The lowest BCUT2D eigenvalue weighted by molar-refractivity contribution is 1.53. The fraction of sp³-hybridized carbons (Fsp3) is 0. The van der Waals surface area contributed by atoms with Crippen molar-refractivity contribution in [1.29, 1.82) is 0 Å². The van der Waals surface area contributed by atoms with E-state index in [9.17, 15) is 0 Å². The van der Waals surface area contributed by atoms with E-state index in [-0.39, 0.29) is 0 Å². The summed E-state index contributed by atoms with van der Waals surface area (Å²) in [5.74, 6) is 0. The second kappa shape index (κ2) is 5.89. The maximum atomic E-state index is 5.92. The minimum absolute atomic E-state index is 0.727. The highest BCUT2D eigenvalue weighted by atomic mass is 127. The molecule has 0 bridgehead atoms. The first kappa shape index (κ1) is 12.9. The predicted octanol–water partition coefficient (Wildman–Crippen LogP) is 5.57. The van der Waals surface area contributed by atoms with Crippen molar-refractivity contribution in [3.8, 4) is 0 Å². The van der Waals surface area contributed by atoms with Crippen LogP contribution >= 0.6 is 45.8 Å². The first-order chi connectivity index (χ1) is 8.20. The van der Waals surface area contributed by atoms with Gasteiger partial charge in [-0.15, -0.1) is 0 Å². The topological polar surface area (TPSA) is 0 Å². The molecule has 0 N–H and O–H groups in total. The summed E-state index contributed by atoms with van der Waals surface area (Å²) >= 11 is 14.1. The van der Waals surface area contributed by atoms with Crippen LogP contribution in [0.25, 0.3) is 5.57 Å². The second-order valence-electron chi connectivity index (χ2n) is 3.54. The van der Waals surface area contributed by atoms with Gasteiger partial charge in [0.25, 0.3) is 0 Å². The zero-order valence-electron chi connectivity index (χ0n) is 8.83. The van der Waals surface area contributed by atoms with Gasteiger partial charge < -0.3 is 0 Å². The molecule has 2 aromatic carbocycles. The van der Waals surface area contributed by atoms with Crippen molar-refractivity contribution < 1.29 is 0 Å². The summed E-state index contributed by atoms with van der Waals surface area (Å²) in [4.78, 5) is 0. The van der Waals surface area contributed by atoms with Gasteiger partial charge in [-0.2, -0.15) is 0 Å². The Morgan fingerprint density at radius 1 is 0.882 bits per heavy atom. The molecule has 2 aromatic rings. The average molecular weight is 375 g/mol. The third kappa shape index (κ3) is 3.24. The van der Waals surface area contributed by atoms with Crippen LogP contribution in [-0.4, -0.2) is 0 Å². The lowest BCUT2D eigenvalue weighted by atomic mass is 10.00. The normalized spacial score (nSPS) is 11.6. The van der Waals surface area contributed by atoms with Crippen molar-refractivity contribution in [2.24, 2.45) is 0 Å². The molecular weight excluding hydrogens is 366 g/mol. The summed E-state index contributed by atoms with van der Waals surface area (Å²) in [6, 6.07) is 15.9. The van der Waals surface area contributed by atoms with E-state index in [1.807, 2.05) is 24.3 Å². The summed E-state index contributed by atoms with van der Waals surface area (Å²) in [6.07, 6.45) is 0. The van der Waals surface area contributed by atoms with Crippen molar-refractivity contribution in [3.63, 3.8) is 0 Å². The van der Waals surface area contributed by atoms with Gasteiger partial charge in [0.05, 0.1) is 0 Å². The zero-order valence-corrected chi connectivity index (χ0v) is 12.5. The Balaban J connectivity index is 2.41. The van der Waals surface area contributed by atoms with Crippen LogP contribution in [0.1, 0.15) is 11.1 Å². The molecule has 0 saturated heterocycles. The molecule has 0 aliphatic heterocycles. The minimum Gasteiger partial charge on any atom is -0.0923 e. The van der Waals surface area contributed by atoms with Crippen molar-refractivity contribution in [2.45, 2.75) is 0 Å². The highest BCUT2D eigenvalue weighted by molar-refractivity contribution is 14.1. The molecule has 0 nitrogen and oxygen atoms in total. The van der Waals surface area contributed by atoms with E-state index in [4.69, 9.17) is 23.2 Å². The Morgan fingerprint density at radius 2 is 1.35 bits per heavy atom. The molecule has 0 amide bonds. The Kier molecular flexibility index (Phi) is 4.48. The number of hydrogen-bond acceptors (Lipinski definition) is 0. The van der Waals surface area contributed by atoms with Crippen molar-refractivity contribution in [2.75, 3.05) is 0 Å². The Hall–Kier alpha value is -0.510. The monoisotopic (exact) mass is 374 g/mol. The summed E-state index contributed by atoms with van der Waals surface area (Å²) < 4.78 is 1.20. The molecule has 17 heavy (non-hydrogen) atoms. The highest BCUT2D eigenvalue weighted by Gasteiger charge is 2.04. The third-order valence-corrected chi connectivity index (χ3v) is 3.61. The Labute approximate surface area is 124 Å². The number of halogens is 3. The predicted molar refractivity (Wildman–Crippen MR) is 83.5 cm³/mol. The SMILES string of the molecule is ClC=C(c1ccc(Cl)cc1)c1ccc(I)cc1. The van der Waals surface area contributed by atoms with E-state index >= 15 is 0 Å². The Bertz CT molecular complexity index is 480. The lowest BCUT2D eigenvalue weighted by Gasteiger charge is -2.07. The fourth-order valence-electron chi connectivity index (χ4n) is 1.55. The van der Waals surface area contributed by atoms with E-state index in [0.29, 0.717) is 0 Å².